The fourth-order valence-electron chi connectivity index (χ4n) is 1.88. The van der Waals surface area contributed by atoms with Crippen molar-refractivity contribution in [1.29, 1.82) is 0 Å². The number of nitrogen functional groups attached to an aromatic ring is 1. The van der Waals surface area contributed by atoms with Crippen molar-refractivity contribution < 1.29 is 13.5 Å². The van der Waals surface area contributed by atoms with Crippen molar-refractivity contribution in [2.45, 2.75) is 0 Å². The number of benzene rings is 2. The van der Waals surface area contributed by atoms with Crippen molar-refractivity contribution in [3.63, 3.8) is 0 Å². The zero-order valence-electron chi connectivity index (χ0n) is 11.8. The third-order valence-corrected chi connectivity index (χ3v) is 2.99. The predicted octanol–water partition coefficient (Wildman–Crippen LogP) is 3.87. The van der Waals surface area contributed by atoms with Crippen LogP contribution in [0.4, 0.5) is 26.0 Å². The van der Waals surface area contributed by atoms with E-state index in [4.69, 9.17) is 10.5 Å². The van der Waals surface area contributed by atoms with Crippen molar-refractivity contribution in [3.8, 4) is 11.6 Å². The van der Waals surface area contributed by atoms with E-state index < -0.39 is 11.6 Å². The van der Waals surface area contributed by atoms with Gasteiger partial charge in [-0.3, -0.25) is 0 Å². The number of para-hydroxylation sites is 1. The lowest BCUT2D eigenvalue weighted by atomic mass is 10.3. The molecule has 0 aliphatic rings. The highest BCUT2D eigenvalue weighted by Gasteiger charge is 2.12. The molecule has 3 N–H and O–H groups in total. The average molecular weight is 314 g/mol. The summed E-state index contributed by atoms with van der Waals surface area (Å²) in [5.41, 5.74) is 5.94. The van der Waals surface area contributed by atoms with Gasteiger partial charge in [0.2, 0.25) is 5.88 Å². The summed E-state index contributed by atoms with van der Waals surface area (Å²) in [5, 5.41) is 2.64. The molecule has 1 heterocycles. The van der Waals surface area contributed by atoms with Crippen molar-refractivity contribution in [2.75, 3.05) is 11.1 Å². The van der Waals surface area contributed by atoms with Crippen LogP contribution in [0, 0.1) is 11.6 Å². The van der Waals surface area contributed by atoms with Crippen LogP contribution in [0.15, 0.2) is 54.9 Å². The number of nitrogens with two attached hydrogens (primary N) is 1. The highest BCUT2D eigenvalue weighted by atomic mass is 19.1. The van der Waals surface area contributed by atoms with Gasteiger partial charge in [-0.15, -0.1) is 0 Å². The van der Waals surface area contributed by atoms with E-state index in [0.717, 1.165) is 18.2 Å². The van der Waals surface area contributed by atoms with E-state index in [2.05, 4.69) is 15.3 Å². The van der Waals surface area contributed by atoms with E-state index in [9.17, 15) is 8.78 Å². The molecule has 0 bridgehead atoms. The van der Waals surface area contributed by atoms with Crippen LogP contribution >= 0.6 is 0 Å². The van der Waals surface area contributed by atoms with Gasteiger partial charge in [-0.05, 0) is 24.3 Å². The van der Waals surface area contributed by atoms with Crippen LogP contribution in [0.3, 0.4) is 0 Å². The summed E-state index contributed by atoms with van der Waals surface area (Å²) in [7, 11) is 0. The fraction of sp³-hybridized carbons (Fsp3) is 0. The first-order valence-electron chi connectivity index (χ1n) is 6.69. The Bertz CT molecular complexity index is 828. The maximum absolute atomic E-state index is 13.7. The van der Waals surface area contributed by atoms with E-state index in [1.165, 1.54) is 6.33 Å². The molecule has 0 aliphatic carbocycles. The number of hydrogen-bond donors (Lipinski definition) is 2. The molecule has 3 aromatic rings. The molecule has 0 atom stereocenters. The Morgan fingerprint density at radius 2 is 1.78 bits per heavy atom. The van der Waals surface area contributed by atoms with Crippen molar-refractivity contribution >= 4 is 17.2 Å². The second-order valence-corrected chi connectivity index (χ2v) is 4.61. The molecule has 7 heteroatoms. The maximum atomic E-state index is 13.7. The van der Waals surface area contributed by atoms with Crippen LogP contribution in [0.2, 0.25) is 0 Å². The molecule has 0 saturated heterocycles. The van der Waals surface area contributed by atoms with Crippen molar-refractivity contribution in [1.82, 2.24) is 9.97 Å². The number of hydrogen-bond acceptors (Lipinski definition) is 5. The number of nitrogens with one attached hydrogen (secondary N) is 1. The fourth-order valence-corrected chi connectivity index (χ4v) is 1.88. The van der Waals surface area contributed by atoms with Gasteiger partial charge in [-0.2, -0.15) is 4.98 Å². The van der Waals surface area contributed by atoms with Gasteiger partial charge in [0.1, 0.15) is 29.4 Å². The number of nitrogens with zero attached hydrogens (tertiary/aromatic N) is 2. The monoisotopic (exact) mass is 314 g/mol. The Morgan fingerprint density at radius 1 is 1.00 bits per heavy atom. The molecule has 0 amide bonds. The van der Waals surface area contributed by atoms with Gasteiger partial charge < -0.3 is 15.8 Å². The number of halogens is 2. The van der Waals surface area contributed by atoms with E-state index in [0.29, 0.717) is 5.75 Å². The summed E-state index contributed by atoms with van der Waals surface area (Å²) in [6.45, 7) is 0. The Balaban J connectivity index is 1.89. The lowest BCUT2D eigenvalue weighted by Gasteiger charge is -2.12. The molecular weight excluding hydrogens is 302 g/mol. The molecule has 116 valence electrons. The Labute approximate surface area is 130 Å². The minimum atomic E-state index is -0.630. The van der Waals surface area contributed by atoms with Crippen LogP contribution in [0.5, 0.6) is 11.6 Å². The molecular formula is C16H12F2N4O. The quantitative estimate of drug-likeness (QED) is 0.764. The molecule has 23 heavy (non-hydrogen) atoms. The van der Waals surface area contributed by atoms with Crippen LogP contribution < -0.4 is 15.8 Å². The van der Waals surface area contributed by atoms with E-state index in [-0.39, 0.29) is 23.1 Å². The maximum Gasteiger partial charge on any atom is 0.248 e. The van der Waals surface area contributed by atoms with E-state index >= 15 is 0 Å². The second kappa shape index (κ2) is 6.27. The molecule has 0 spiro atoms. The molecule has 0 fully saturated rings. The molecule has 0 saturated carbocycles. The third-order valence-electron chi connectivity index (χ3n) is 2.99. The minimum absolute atomic E-state index is 0.0824. The van der Waals surface area contributed by atoms with Crippen LogP contribution in [-0.4, -0.2) is 9.97 Å². The van der Waals surface area contributed by atoms with Gasteiger partial charge in [0.15, 0.2) is 5.82 Å². The SMILES string of the molecule is Nc1c(Nc2cc(F)ccc2F)ncnc1Oc1ccccc1. The Morgan fingerprint density at radius 3 is 2.57 bits per heavy atom. The number of anilines is 3. The van der Waals surface area contributed by atoms with Crippen LogP contribution in [0.1, 0.15) is 0 Å². The molecule has 0 radical (unpaired) electrons. The molecule has 2 aromatic carbocycles. The van der Waals surface area contributed by atoms with Crippen LogP contribution in [-0.2, 0) is 0 Å². The topological polar surface area (TPSA) is 73.1 Å². The Hall–Kier alpha value is -3.22. The lowest BCUT2D eigenvalue weighted by Crippen LogP contribution is -2.04. The van der Waals surface area contributed by atoms with Crippen molar-refractivity contribution in [3.05, 3.63) is 66.5 Å². The number of aromatic nitrogens is 2. The summed E-state index contributed by atoms with van der Waals surface area (Å²) in [6.07, 6.45) is 1.22. The predicted molar refractivity (Wildman–Crippen MR) is 82.6 cm³/mol. The van der Waals surface area contributed by atoms with Gasteiger partial charge in [0, 0.05) is 6.07 Å². The highest BCUT2D eigenvalue weighted by molar-refractivity contribution is 5.72. The van der Waals surface area contributed by atoms with E-state index in [1.54, 1.807) is 24.3 Å². The molecule has 0 unspecified atom stereocenters. The van der Waals surface area contributed by atoms with Gasteiger partial charge in [0.05, 0.1) is 5.69 Å². The van der Waals surface area contributed by atoms with Crippen LogP contribution in [0.25, 0.3) is 0 Å². The standard InChI is InChI=1S/C16H12F2N4O/c17-10-6-7-12(18)13(8-10)22-15-14(19)16(21-9-20-15)23-11-4-2-1-3-5-11/h1-9H,19H2,(H,20,21,22). The van der Waals surface area contributed by atoms with Crippen molar-refractivity contribution in [2.24, 2.45) is 0 Å². The average Bonchev–Trinajstić information content (AvgIpc) is 2.55. The second-order valence-electron chi connectivity index (χ2n) is 4.61. The van der Waals surface area contributed by atoms with Gasteiger partial charge >= 0.3 is 0 Å². The first kappa shape index (κ1) is 14.7. The van der Waals surface area contributed by atoms with Gasteiger partial charge in [-0.25, -0.2) is 13.8 Å². The summed E-state index contributed by atoms with van der Waals surface area (Å²) in [5.74, 6) is -0.432. The summed E-state index contributed by atoms with van der Waals surface area (Å²) in [4.78, 5) is 7.88. The molecule has 5 nitrogen and oxygen atoms in total. The summed E-state index contributed by atoms with van der Waals surface area (Å²) < 4.78 is 32.5. The summed E-state index contributed by atoms with van der Waals surface area (Å²) in [6, 6.07) is 12.0. The molecule has 3 rings (SSSR count). The highest BCUT2D eigenvalue weighted by Crippen LogP contribution is 2.31. The van der Waals surface area contributed by atoms with Gasteiger partial charge in [-0.1, -0.05) is 18.2 Å². The largest absolute Gasteiger partial charge is 0.437 e. The third kappa shape index (κ3) is 3.34. The first-order valence-corrected chi connectivity index (χ1v) is 6.69. The summed E-state index contributed by atoms with van der Waals surface area (Å²) >= 11 is 0. The zero-order chi connectivity index (χ0) is 16.2. The molecule has 0 aliphatic heterocycles. The number of ether oxygens (including phenoxy) is 1. The smallest absolute Gasteiger partial charge is 0.248 e. The normalized spacial score (nSPS) is 10.3. The molecule has 1 aromatic heterocycles. The lowest BCUT2D eigenvalue weighted by molar-refractivity contribution is 0.464. The minimum Gasteiger partial charge on any atom is -0.437 e. The van der Waals surface area contributed by atoms with Gasteiger partial charge in [0.25, 0.3) is 0 Å². The zero-order valence-corrected chi connectivity index (χ0v) is 11.8. The van der Waals surface area contributed by atoms with E-state index in [1.807, 2.05) is 6.07 Å². The number of rotatable bonds is 4. The Kier molecular flexibility index (Phi) is 4.01. The first-order chi connectivity index (χ1) is 11.1.